The highest BCUT2D eigenvalue weighted by Gasteiger charge is 2.25. The Morgan fingerprint density at radius 3 is 1.89 bits per heavy atom. The molecule has 2 unspecified atom stereocenters. The van der Waals surface area contributed by atoms with E-state index in [4.69, 9.17) is 24.7 Å². The molecule has 0 spiro atoms. The first-order valence-electron chi connectivity index (χ1n) is 13.3. The Morgan fingerprint density at radius 2 is 1.39 bits per heavy atom. The van der Waals surface area contributed by atoms with E-state index in [-0.39, 0.29) is 49.2 Å². The summed E-state index contributed by atoms with van der Waals surface area (Å²) in [6.45, 7) is 14.6. The number of carbonyl (C=O) groups excluding carboxylic acids is 4. The molecule has 0 saturated carbocycles. The van der Waals surface area contributed by atoms with Crippen molar-refractivity contribution in [2.75, 3.05) is 6.61 Å². The monoisotopic (exact) mass is 535 g/mol. The van der Waals surface area contributed by atoms with Gasteiger partial charge >= 0.3 is 23.9 Å². The van der Waals surface area contributed by atoms with E-state index in [1.54, 1.807) is 39.8 Å². The summed E-state index contributed by atoms with van der Waals surface area (Å²) in [5.41, 5.74) is 6.00. The molecule has 214 valence electrons. The average molecular weight is 536 g/mol. The Kier molecular flexibility index (Phi) is 13.5. The van der Waals surface area contributed by atoms with Crippen LogP contribution in [0.15, 0.2) is 18.2 Å². The molecule has 9 heteroatoms. The Morgan fingerprint density at radius 1 is 0.868 bits per heavy atom. The summed E-state index contributed by atoms with van der Waals surface area (Å²) < 4.78 is 21.6. The van der Waals surface area contributed by atoms with Crippen LogP contribution in [0.1, 0.15) is 86.6 Å². The number of hydrogen-bond donors (Lipinski definition) is 1. The predicted octanol–water partition coefficient (Wildman–Crippen LogP) is 4.76. The molecule has 38 heavy (non-hydrogen) atoms. The van der Waals surface area contributed by atoms with Crippen molar-refractivity contribution in [3.8, 4) is 11.5 Å². The van der Waals surface area contributed by atoms with E-state index in [2.05, 4.69) is 0 Å². The fourth-order valence-corrected chi connectivity index (χ4v) is 3.10. The van der Waals surface area contributed by atoms with Crippen LogP contribution in [-0.2, 0) is 35.1 Å². The van der Waals surface area contributed by atoms with Gasteiger partial charge in [0.1, 0.15) is 18.8 Å². The third kappa shape index (κ3) is 12.1. The number of carbonyl (C=O) groups is 4. The molecule has 9 nitrogen and oxygen atoms in total. The van der Waals surface area contributed by atoms with Crippen LogP contribution in [0.2, 0.25) is 0 Å². The van der Waals surface area contributed by atoms with Gasteiger partial charge in [-0.05, 0) is 63.6 Å². The molecule has 0 saturated heterocycles. The van der Waals surface area contributed by atoms with E-state index in [1.807, 2.05) is 27.7 Å². The molecule has 0 amide bonds. The van der Waals surface area contributed by atoms with Gasteiger partial charge in [0.2, 0.25) is 0 Å². The van der Waals surface area contributed by atoms with Gasteiger partial charge in [-0.25, -0.2) is 0 Å². The van der Waals surface area contributed by atoms with Crippen molar-refractivity contribution >= 4 is 23.9 Å². The van der Waals surface area contributed by atoms with Gasteiger partial charge in [-0.15, -0.1) is 0 Å². The lowest BCUT2D eigenvalue weighted by Crippen LogP contribution is -2.37. The number of benzene rings is 1. The Balaban J connectivity index is 2.93. The molecule has 1 rings (SSSR count). The maximum Gasteiger partial charge on any atom is 0.323 e. The lowest BCUT2D eigenvalue weighted by Gasteiger charge is -2.20. The first-order chi connectivity index (χ1) is 17.7. The highest BCUT2D eigenvalue weighted by molar-refractivity contribution is 5.78. The predicted molar refractivity (Wildman–Crippen MR) is 144 cm³/mol. The molecule has 1 aromatic rings. The molecule has 0 heterocycles. The minimum Gasteiger partial charge on any atom is -0.461 e. The van der Waals surface area contributed by atoms with Gasteiger partial charge in [0.05, 0.1) is 5.41 Å². The topological polar surface area (TPSA) is 131 Å². The van der Waals surface area contributed by atoms with Crippen LogP contribution in [0.4, 0.5) is 0 Å². The van der Waals surface area contributed by atoms with Gasteiger partial charge in [0, 0.05) is 12.8 Å². The third-order valence-electron chi connectivity index (χ3n) is 6.02. The molecule has 0 aromatic heterocycles. The molecule has 0 fully saturated rings. The summed E-state index contributed by atoms with van der Waals surface area (Å²) >= 11 is 0. The van der Waals surface area contributed by atoms with Crippen molar-refractivity contribution in [1.29, 1.82) is 0 Å². The Bertz CT molecular complexity index is 952. The normalized spacial score (nSPS) is 14.6. The summed E-state index contributed by atoms with van der Waals surface area (Å²) in [6, 6.07) is 3.71. The number of hydrogen-bond acceptors (Lipinski definition) is 9. The zero-order valence-electron chi connectivity index (χ0n) is 24.1. The summed E-state index contributed by atoms with van der Waals surface area (Å²) in [6.07, 6.45) is 1.50. The SMILES string of the molecule is CCC(C)CC(=O)Oc1ccc(C[C@H](N)C(=O)O[C@@H](C)COC(=O)C(C)(C)C)cc1OC(=O)CC(C)CC. The van der Waals surface area contributed by atoms with Gasteiger partial charge in [-0.1, -0.05) is 46.6 Å². The summed E-state index contributed by atoms with van der Waals surface area (Å²) in [7, 11) is 0. The molecule has 4 atom stereocenters. The van der Waals surface area contributed by atoms with E-state index < -0.39 is 41.4 Å². The van der Waals surface area contributed by atoms with Crippen LogP contribution >= 0.6 is 0 Å². The van der Waals surface area contributed by atoms with Crippen molar-refractivity contribution in [2.45, 2.75) is 99.6 Å². The number of rotatable bonds is 14. The van der Waals surface area contributed by atoms with Crippen LogP contribution in [-0.4, -0.2) is 42.6 Å². The van der Waals surface area contributed by atoms with E-state index >= 15 is 0 Å². The van der Waals surface area contributed by atoms with Crippen LogP contribution in [0.3, 0.4) is 0 Å². The van der Waals surface area contributed by atoms with Crippen LogP contribution < -0.4 is 15.2 Å². The minimum atomic E-state index is -1.02. The first kappa shape index (κ1) is 33.1. The molecule has 0 bridgehead atoms. The Hall–Kier alpha value is -2.94. The standard InChI is InChI=1S/C29H45NO8/c1-9-18(3)13-25(31)37-23-12-11-21(16-24(23)38-26(32)14-19(4)10-2)15-22(30)27(33)36-20(5)17-35-28(34)29(6,7)8/h11-12,16,18-20,22H,9-10,13-15,17,30H2,1-8H3/t18?,19?,20-,22-/m0/s1. The molecule has 0 radical (unpaired) electrons. The van der Waals surface area contributed by atoms with Gasteiger partial charge in [-0.2, -0.15) is 0 Å². The largest absolute Gasteiger partial charge is 0.461 e. The van der Waals surface area contributed by atoms with Crippen molar-refractivity contribution in [1.82, 2.24) is 0 Å². The molecule has 0 aliphatic carbocycles. The maximum atomic E-state index is 12.5. The quantitative estimate of drug-likeness (QED) is 0.264. The molecule has 1 aromatic carbocycles. The summed E-state index contributed by atoms with van der Waals surface area (Å²) in [5.74, 6) is -1.42. The zero-order chi connectivity index (χ0) is 29.0. The minimum absolute atomic E-state index is 0.0818. The van der Waals surface area contributed by atoms with E-state index in [0.717, 1.165) is 12.8 Å². The number of ether oxygens (including phenoxy) is 4. The zero-order valence-corrected chi connectivity index (χ0v) is 24.1. The highest BCUT2D eigenvalue weighted by Crippen LogP contribution is 2.30. The van der Waals surface area contributed by atoms with Crippen LogP contribution in [0.25, 0.3) is 0 Å². The molecular weight excluding hydrogens is 490 g/mol. The lowest BCUT2D eigenvalue weighted by atomic mass is 9.97. The fourth-order valence-electron chi connectivity index (χ4n) is 3.10. The van der Waals surface area contributed by atoms with Crippen LogP contribution in [0, 0.1) is 17.3 Å². The second-order valence-corrected chi connectivity index (χ2v) is 11.1. The van der Waals surface area contributed by atoms with Gasteiger partial charge in [0.15, 0.2) is 11.5 Å². The molecule has 0 aliphatic rings. The Labute approximate surface area is 226 Å². The van der Waals surface area contributed by atoms with E-state index in [9.17, 15) is 19.2 Å². The molecular formula is C29H45NO8. The number of nitrogens with two attached hydrogens (primary N) is 1. The second kappa shape index (κ2) is 15.5. The third-order valence-corrected chi connectivity index (χ3v) is 6.02. The average Bonchev–Trinajstić information content (AvgIpc) is 2.82. The first-order valence-corrected chi connectivity index (χ1v) is 13.3. The fraction of sp³-hybridized carbons (Fsp3) is 0.655. The van der Waals surface area contributed by atoms with Crippen molar-refractivity contribution in [3.63, 3.8) is 0 Å². The summed E-state index contributed by atoms with van der Waals surface area (Å²) in [4.78, 5) is 49.3. The smallest absolute Gasteiger partial charge is 0.323 e. The molecule has 2 N–H and O–H groups in total. The van der Waals surface area contributed by atoms with Crippen molar-refractivity contribution in [2.24, 2.45) is 23.0 Å². The van der Waals surface area contributed by atoms with E-state index in [0.29, 0.717) is 5.56 Å². The van der Waals surface area contributed by atoms with Gasteiger partial charge in [0.25, 0.3) is 0 Å². The van der Waals surface area contributed by atoms with E-state index in [1.165, 1.54) is 6.07 Å². The lowest BCUT2D eigenvalue weighted by molar-refractivity contribution is -0.163. The summed E-state index contributed by atoms with van der Waals surface area (Å²) in [5, 5.41) is 0. The maximum absolute atomic E-state index is 12.5. The van der Waals surface area contributed by atoms with Gasteiger partial charge in [-0.3, -0.25) is 19.2 Å². The van der Waals surface area contributed by atoms with Crippen molar-refractivity contribution < 1.29 is 38.1 Å². The van der Waals surface area contributed by atoms with Gasteiger partial charge < -0.3 is 24.7 Å². The number of esters is 4. The van der Waals surface area contributed by atoms with Crippen molar-refractivity contribution in [3.05, 3.63) is 23.8 Å². The highest BCUT2D eigenvalue weighted by atomic mass is 16.6. The second-order valence-electron chi connectivity index (χ2n) is 11.1. The molecule has 0 aliphatic heterocycles. The van der Waals surface area contributed by atoms with Crippen LogP contribution in [0.5, 0.6) is 11.5 Å².